The van der Waals surface area contributed by atoms with Gasteiger partial charge >= 0.3 is 5.97 Å². The van der Waals surface area contributed by atoms with Gasteiger partial charge in [0.05, 0.1) is 19.3 Å². The van der Waals surface area contributed by atoms with Crippen molar-refractivity contribution in [1.82, 2.24) is 0 Å². The molecule has 5 rings (SSSR count). The fraction of sp³-hybridized carbons (Fsp3) is 0.226. The molecule has 1 saturated heterocycles. The van der Waals surface area contributed by atoms with E-state index in [1.807, 2.05) is 0 Å². The Kier molecular flexibility index (Phi) is 8.68. The van der Waals surface area contributed by atoms with E-state index in [4.69, 9.17) is 18.6 Å². The van der Waals surface area contributed by atoms with Crippen LogP contribution in [0.25, 0.3) is 28.4 Å². The molecule has 1 aliphatic heterocycles. The summed E-state index contributed by atoms with van der Waals surface area (Å²) in [6.07, 6.45) is -6.31. The topological polar surface area (TPSA) is 237 Å². The van der Waals surface area contributed by atoms with Gasteiger partial charge in [0.1, 0.15) is 53.2 Å². The van der Waals surface area contributed by atoms with Gasteiger partial charge in [-0.2, -0.15) is 0 Å². The van der Waals surface area contributed by atoms with Gasteiger partial charge in [0.15, 0.2) is 34.0 Å². The van der Waals surface area contributed by atoms with Crippen molar-refractivity contribution in [2.45, 2.75) is 30.5 Å². The van der Waals surface area contributed by atoms with E-state index in [1.165, 1.54) is 37.5 Å². The molecule has 8 N–H and O–H groups in total. The Morgan fingerprint density at radius 3 is 2.29 bits per heavy atom. The van der Waals surface area contributed by atoms with Crippen molar-refractivity contribution < 1.29 is 64.3 Å². The second-order valence-corrected chi connectivity index (χ2v) is 10.1. The number of hydrogen-bond acceptors (Lipinski definition) is 14. The van der Waals surface area contributed by atoms with Crippen LogP contribution in [0.3, 0.4) is 0 Å². The van der Waals surface area contributed by atoms with E-state index in [2.05, 4.69) is 0 Å². The average molecular weight is 625 g/mol. The van der Waals surface area contributed by atoms with E-state index in [1.54, 1.807) is 0 Å². The van der Waals surface area contributed by atoms with Crippen LogP contribution in [0, 0.1) is 0 Å². The lowest BCUT2D eigenvalue weighted by molar-refractivity contribution is -0.231. The molecule has 14 heteroatoms. The highest BCUT2D eigenvalue weighted by atomic mass is 16.6. The summed E-state index contributed by atoms with van der Waals surface area (Å²) >= 11 is 0. The van der Waals surface area contributed by atoms with Crippen LogP contribution in [-0.4, -0.2) is 85.0 Å². The van der Waals surface area contributed by atoms with E-state index in [9.17, 15) is 50.4 Å². The van der Waals surface area contributed by atoms with Crippen LogP contribution in [0.15, 0.2) is 63.8 Å². The third-order valence-corrected chi connectivity index (χ3v) is 7.24. The van der Waals surface area contributed by atoms with E-state index < -0.39 is 82.5 Å². The number of rotatable bonds is 7. The number of ether oxygens (including phenoxy) is 3. The maximum atomic E-state index is 13.3. The molecule has 0 saturated carbocycles. The first-order chi connectivity index (χ1) is 21.4. The first-order valence-electron chi connectivity index (χ1n) is 13.4. The summed E-state index contributed by atoms with van der Waals surface area (Å²) in [5, 5.41) is 81.5. The summed E-state index contributed by atoms with van der Waals surface area (Å²) < 4.78 is 22.2. The van der Waals surface area contributed by atoms with Gasteiger partial charge in [-0.05, 0) is 42.0 Å². The van der Waals surface area contributed by atoms with Crippen LogP contribution in [0.4, 0.5) is 0 Å². The number of esters is 1. The maximum absolute atomic E-state index is 13.3. The highest BCUT2D eigenvalue weighted by Gasteiger charge is 2.46. The van der Waals surface area contributed by atoms with E-state index in [0.29, 0.717) is 5.56 Å². The van der Waals surface area contributed by atoms with Gasteiger partial charge in [-0.25, -0.2) is 4.79 Å². The molecule has 0 spiro atoms. The predicted molar refractivity (Wildman–Crippen MR) is 155 cm³/mol. The lowest BCUT2D eigenvalue weighted by Gasteiger charge is -2.40. The number of carbonyl (C=O) groups excluding carboxylic acids is 1. The van der Waals surface area contributed by atoms with Crippen molar-refractivity contribution in [1.29, 1.82) is 0 Å². The standard InChI is InChI=1S/C31H28O14/c1-42-21-8-13(2-5-16(21)34)3-7-24(38)43-22-11-19(37)25-18(36)10-20(14-4-6-15(33)17(35)9-14)44-30(25)26(22)31-29(41)28(40)27(39)23(12-32)45-31/h2-11,23,27-29,31-35,37,39-41H,12H2,1H3/b7-3+/t23-,27-,28+,29-,31+/m1/s1. The monoisotopic (exact) mass is 624 g/mol. The minimum atomic E-state index is -1.92. The van der Waals surface area contributed by atoms with Crippen LogP contribution in [-0.2, 0) is 9.53 Å². The van der Waals surface area contributed by atoms with Gasteiger partial charge in [0.25, 0.3) is 0 Å². The molecule has 2 heterocycles. The van der Waals surface area contributed by atoms with Gasteiger partial charge in [0, 0.05) is 23.8 Å². The van der Waals surface area contributed by atoms with Crippen LogP contribution in [0.2, 0.25) is 0 Å². The number of aliphatic hydroxyl groups excluding tert-OH is 4. The van der Waals surface area contributed by atoms with E-state index in [-0.39, 0.29) is 28.4 Å². The quantitative estimate of drug-likeness (QED) is 0.0629. The van der Waals surface area contributed by atoms with Crippen molar-refractivity contribution in [3.63, 3.8) is 0 Å². The Morgan fingerprint density at radius 2 is 1.60 bits per heavy atom. The molecule has 0 bridgehead atoms. The van der Waals surface area contributed by atoms with Gasteiger partial charge in [0.2, 0.25) is 0 Å². The molecule has 1 aliphatic rings. The molecule has 0 unspecified atom stereocenters. The highest BCUT2D eigenvalue weighted by molar-refractivity contribution is 5.93. The van der Waals surface area contributed by atoms with E-state index >= 15 is 0 Å². The predicted octanol–water partition coefficient (Wildman–Crippen LogP) is 1.42. The Labute approximate surface area is 253 Å². The molecule has 236 valence electrons. The van der Waals surface area contributed by atoms with Crippen LogP contribution in [0.5, 0.6) is 34.5 Å². The normalized spacial score (nSPS) is 21.7. The fourth-order valence-electron chi connectivity index (χ4n) is 4.93. The molecule has 4 aromatic rings. The van der Waals surface area contributed by atoms with Gasteiger partial charge < -0.3 is 59.5 Å². The van der Waals surface area contributed by atoms with Gasteiger partial charge in [-0.15, -0.1) is 0 Å². The van der Waals surface area contributed by atoms with Crippen LogP contribution in [0.1, 0.15) is 17.2 Å². The molecule has 1 aromatic heterocycles. The second-order valence-electron chi connectivity index (χ2n) is 10.1. The zero-order valence-electron chi connectivity index (χ0n) is 23.4. The van der Waals surface area contributed by atoms with Crippen LogP contribution >= 0.6 is 0 Å². The second kappa shape index (κ2) is 12.5. The Morgan fingerprint density at radius 1 is 0.867 bits per heavy atom. The number of aliphatic hydroxyl groups is 4. The molecule has 3 aromatic carbocycles. The number of carbonyl (C=O) groups is 1. The third kappa shape index (κ3) is 6.00. The zero-order valence-corrected chi connectivity index (χ0v) is 23.4. The third-order valence-electron chi connectivity index (χ3n) is 7.24. The van der Waals surface area contributed by atoms with Crippen LogP contribution < -0.4 is 14.9 Å². The minimum absolute atomic E-state index is 0.109. The van der Waals surface area contributed by atoms with Crippen molar-refractivity contribution in [3.8, 4) is 45.8 Å². The number of benzene rings is 3. The molecule has 5 atom stereocenters. The Bertz CT molecular complexity index is 1840. The van der Waals surface area contributed by atoms with Crippen molar-refractivity contribution in [2.75, 3.05) is 13.7 Å². The van der Waals surface area contributed by atoms with Crippen molar-refractivity contribution in [3.05, 3.63) is 76.0 Å². The minimum Gasteiger partial charge on any atom is -0.507 e. The average Bonchev–Trinajstić information content (AvgIpc) is 3.01. The molecule has 1 fully saturated rings. The Hall–Kier alpha value is -5.12. The van der Waals surface area contributed by atoms with E-state index in [0.717, 1.165) is 30.3 Å². The molecule has 14 nitrogen and oxygen atoms in total. The lowest BCUT2D eigenvalue weighted by atomic mass is 9.89. The van der Waals surface area contributed by atoms with Crippen molar-refractivity contribution in [2.24, 2.45) is 0 Å². The number of fused-ring (bicyclic) bond motifs is 1. The number of methoxy groups -OCH3 is 1. The number of phenols is 4. The molecule has 0 amide bonds. The highest BCUT2D eigenvalue weighted by Crippen LogP contribution is 2.44. The lowest BCUT2D eigenvalue weighted by Crippen LogP contribution is -2.55. The SMILES string of the molecule is COc1cc(/C=C/C(=O)Oc2cc(O)c3c(=O)cc(-c4ccc(O)c(O)c4)oc3c2[C@@H]2O[C@H](CO)[C@@H](O)[C@H](O)[C@H]2O)ccc1O. The summed E-state index contributed by atoms with van der Waals surface area (Å²) in [5.41, 5.74) is -1.05. The molecule has 0 radical (unpaired) electrons. The first-order valence-corrected chi connectivity index (χ1v) is 13.4. The fourth-order valence-corrected chi connectivity index (χ4v) is 4.93. The zero-order chi connectivity index (χ0) is 32.6. The number of phenolic OH excluding ortho intramolecular Hbond substituents is 4. The summed E-state index contributed by atoms with van der Waals surface area (Å²) in [6, 6.07) is 9.72. The smallest absolute Gasteiger partial charge is 0.336 e. The number of hydrogen-bond donors (Lipinski definition) is 8. The molecular weight excluding hydrogens is 596 g/mol. The molecule has 0 aliphatic carbocycles. The summed E-state index contributed by atoms with van der Waals surface area (Å²) in [7, 11) is 1.34. The van der Waals surface area contributed by atoms with Gasteiger partial charge in [-0.1, -0.05) is 6.07 Å². The summed E-state index contributed by atoms with van der Waals surface area (Å²) in [4.78, 5) is 26.2. The molecular formula is C31H28O14. The number of aromatic hydroxyl groups is 4. The maximum Gasteiger partial charge on any atom is 0.336 e. The Balaban J connectivity index is 1.67. The summed E-state index contributed by atoms with van der Waals surface area (Å²) in [6.45, 7) is -0.798. The summed E-state index contributed by atoms with van der Waals surface area (Å²) in [5.74, 6) is -3.34. The first kappa shape index (κ1) is 31.3. The largest absolute Gasteiger partial charge is 0.507 e. The molecule has 45 heavy (non-hydrogen) atoms. The van der Waals surface area contributed by atoms with Gasteiger partial charge in [-0.3, -0.25) is 4.79 Å². The van der Waals surface area contributed by atoms with Crippen molar-refractivity contribution >= 4 is 23.0 Å².